The maximum atomic E-state index is 12.2. The van der Waals surface area contributed by atoms with E-state index in [0.29, 0.717) is 49.4 Å². The summed E-state index contributed by atoms with van der Waals surface area (Å²) in [6.07, 6.45) is 2.47. The van der Waals surface area contributed by atoms with Crippen molar-refractivity contribution in [2.24, 2.45) is 5.92 Å². The van der Waals surface area contributed by atoms with Crippen molar-refractivity contribution < 1.29 is 23.8 Å². The van der Waals surface area contributed by atoms with Crippen molar-refractivity contribution in [2.45, 2.75) is 25.3 Å². The number of nitrogens with zero attached hydrogens (tertiary/aromatic N) is 1. The molecule has 2 heterocycles. The highest BCUT2D eigenvalue weighted by Gasteiger charge is 2.41. The monoisotopic (exact) mass is 332 g/mol. The molecular formula is C17H20N2O5. The fraction of sp³-hybridized carbons (Fsp3) is 0.529. The average molecular weight is 332 g/mol. The Morgan fingerprint density at radius 3 is 2.96 bits per heavy atom. The van der Waals surface area contributed by atoms with Gasteiger partial charge in [-0.2, -0.15) is 0 Å². The third-order valence-corrected chi connectivity index (χ3v) is 4.53. The molecule has 2 fully saturated rings. The van der Waals surface area contributed by atoms with Crippen molar-refractivity contribution in [3.63, 3.8) is 0 Å². The van der Waals surface area contributed by atoms with Crippen LogP contribution in [0.3, 0.4) is 0 Å². The SMILES string of the molecule is O=C(NCCOc1ccc2c(c1)OCO2)[C@@H]1CC(=O)N(C2CC2)C1. The molecule has 0 aromatic heterocycles. The molecule has 2 amide bonds. The number of benzene rings is 1. The molecule has 4 rings (SSSR count). The summed E-state index contributed by atoms with van der Waals surface area (Å²) in [6.45, 7) is 1.55. The summed E-state index contributed by atoms with van der Waals surface area (Å²) >= 11 is 0. The number of carbonyl (C=O) groups excluding carboxylic acids is 2. The number of carbonyl (C=O) groups is 2. The highest BCUT2D eigenvalue weighted by atomic mass is 16.7. The summed E-state index contributed by atoms with van der Waals surface area (Å²) in [5.41, 5.74) is 0. The summed E-state index contributed by atoms with van der Waals surface area (Å²) in [5, 5.41) is 2.85. The van der Waals surface area contributed by atoms with Crippen molar-refractivity contribution >= 4 is 11.8 Å². The van der Waals surface area contributed by atoms with Gasteiger partial charge in [0.2, 0.25) is 18.6 Å². The number of likely N-dealkylation sites (tertiary alicyclic amines) is 1. The Hall–Kier alpha value is -2.44. The van der Waals surface area contributed by atoms with E-state index < -0.39 is 0 Å². The highest BCUT2D eigenvalue weighted by Crippen LogP contribution is 2.35. The van der Waals surface area contributed by atoms with Crippen LogP contribution in [0.15, 0.2) is 18.2 Å². The molecule has 1 saturated carbocycles. The van der Waals surface area contributed by atoms with E-state index in [4.69, 9.17) is 14.2 Å². The Morgan fingerprint density at radius 2 is 2.12 bits per heavy atom. The van der Waals surface area contributed by atoms with Gasteiger partial charge in [0.15, 0.2) is 11.5 Å². The van der Waals surface area contributed by atoms with Crippen LogP contribution < -0.4 is 19.5 Å². The van der Waals surface area contributed by atoms with Gasteiger partial charge in [-0.15, -0.1) is 0 Å². The topological polar surface area (TPSA) is 77.1 Å². The molecule has 0 radical (unpaired) electrons. The van der Waals surface area contributed by atoms with Crippen molar-refractivity contribution in [2.75, 3.05) is 26.5 Å². The molecule has 1 atom stereocenters. The fourth-order valence-corrected chi connectivity index (χ4v) is 3.10. The van der Waals surface area contributed by atoms with Crippen LogP contribution in [0.25, 0.3) is 0 Å². The fourth-order valence-electron chi connectivity index (χ4n) is 3.10. The van der Waals surface area contributed by atoms with Crippen LogP contribution in [0, 0.1) is 5.92 Å². The first-order valence-corrected chi connectivity index (χ1v) is 8.30. The minimum absolute atomic E-state index is 0.0687. The molecule has 2 aliphatic heterocycles. The van der Waals surface area contributed by atoms with Gasteiger partial charge in [0.05, 0.1) is 12.5 Å². The molecule has 1 aliphatic carbocycles. The average Bonchev–Trinajstić information content (AvgIpc) is 3.18. The Kier molecular flexibility index (Phi) is 3.92. The Labute approximate surface area is 139 Å². The first kappa shape index (κ1) is 15.1. The van der Waals surface area contributed by atoms with Gasteiger partial charge in [0, 0.05) is 25.1 Å². The molecule has 1 N–H and O–H groups in total. The molecule has 7 heteroatoms. The normalized spacial score (nSPS) is 21.9. The molecule has 1 aromatic carbocycles. The van der Waals surface area contributed by atoms with Crippen LogP contribution in [0.4, 0.5) is 0 Å². The van der Waals surface area contributed by atoms with Gasteiger partial charge in [-0.05, 0) is 25.0 Å². The largest absolute Gasteiger partial charge is 0.492 e. The Balaban J connectivity index is 1.20. The minimum atomic E-state index is -0.233. The summed E-state index contributed by atoms with van der Waals surface area (Å²) < 4.78 is 16.1. The number of nitrogens with one attached hydrogen (secondary N) is 1. The van der Waals surface area contributed by atoms with Gasteiger partial charge in [0.25, 0.3) is 0 Å². The van der Waals surface area contributed by atoms with E-state index in [0.717, 1.165) is 12.8 Å². The van der Waals surface area contributed by atoms with Crippen LogP contribution in [0.5, 0.6) is 17.2 Å². The van der Waals surface area contributed by atoms with E-state index in [1.54, 1.807) is 18.2 Å². The number of ether oxygens (including phenoxy) is 3. The van der Waals surface area contributed by atoms with Crippen LogP contribution in [-0.2, 0) is 9.59 Å². The zero-order valence-corrected chi connectivity index (χ0v) is 13.3. The van der Waals surface area contributed by atoms with Gasteiger partial charge in [-0.3, -0.25) is 9.59 Å². The molecular weight excluding hydrogens is 312 g/mol. The summed E-state index contributed by atoms with van der Waals surface area (Å²) in [6, 6.07) is 5.75. The van der Waals surface area contributed by atoms with Crippen molar-refractivity contribution in [3.8, 4) is 17.2 Å². The van der Waals surface area contributed by atoms with Crippen molar-refractivity contribution in [3.05, 3.63) is 18.2 Å². The maximum Gasteiger partial charge on any atom is 0.231 e. The van der Waals surface area contributed by atoms with Crippen molar-refractivity contribution in [1.82, 2.24) is 10.2 Å². The van der Waals surface area contributed by atoms with E-state index in [2.05, 4.69) is 5.32 Å². The molecule has 0 spiro atoms. The first-order chi connectivity index (χ1) is 11.7. The van der Waals surface area contributed by atoms with Crippen LogP contribution >= 0.6 is 0 Å². The minimum Gasteiger partial charge on any atom is -0.492 e. The van der Waals surface area contributed by atoms with E-state index in [9.17, 15) is 9.59 Å². The molecule has 24 heavy (non-hydrogen) atoms. The van der Waals surface area contributed by atoms with Crippen molar-refractivity contribution in [1.29, 1.82) is 0 Å². The third-order valence-electron chi connectivity index (χ3n) is 4.53. The summed E-state index contributed by atoms with van der Waals surface area (Å²) in [5.74, 6) is 1.85. The zero-order valence-electron chi connectivity index (χ0n) is 13.3. The van der Waals surface area contributed by atoms with Gasteiger partial charge >= 0.3 is 0 Å². The second-order valence-electron chi connectivity index (χ2n) is 6.33. The standard InChI is InChI=1S/C17H20N2O5/c20-16-7-11(9-19(16)12-1-2-12)17(21)18-5-6-22-13-3-4-14-15(8-13)24-10-23-14/h3-4,8,11-12H,1-2,5-7,9-10H2,(H,18,21)/t11-/m1/s1. The first-order valence-electron chi connectivity index (χ1n) is 8.30. The second kappa shape index (κ2) is 6.22. The lowest BCUT2D eigenvalue weighted by Crippen LogP contribution is -2.35. The highest BCUT2D eigenvalue weighted by molar-refractivity contribution is 5.89. The molecule has 1 aromatic rings. The van der Waals surface area contributed by atoms with Gasteiger partial charge < -0.3 is 24.4 Å². The predicted octanol–water partition coefficient (Wildman–Crippen LogP) is 0.921. The van der Waals surface area contributed by atoms with Gasteiger partial charge in [-0.25, -0.2) is 0 Å². The van der Waals surface area contributed by atoms with E-state index in [-0.39, 0.29) is 24.5 Å². The van der Waals surface area contributed by atoms with Crippen LogP contribution in [0.1, 0.15) is 19.3 Å². The quantitative estimate of drug-likeness (QED) is 0.784. The van der Waals surface area contributed by atoms with Gasteiger partial charge in [-0.1, -0.05) is 0 Å². The van der Waals surface area contributed by atoms with Gasteiger partial charge in [0.1, 0.15) is 12.4 Å². The summed E-state index contributed by atoms with van der Waals surface area (Å²) in [7, 11) is 0. The number of fused-ring (bicyclic) bond motifs is 1. The Morgan fingerprint density at radius 1 is 1.29 bits per heavy atom. The maximum absolute atomic E-state index is 12.2. The molecule has 1 saturated heterocycles. The number of hydrogen-bond donors (Lipinski definition) is 1. The van der Waals surface area contributed by atoms with E-state index >= 15 is 0 Å². The van der Waals surface area contributed by atoms with Crippen LogP contribution in [-0.4, -0.2) is 49.2 Å². The van der Waals surface area contributed by atoms with Crippen LogP contribution in [0.2, 0.25) is 0 Å². The molecule has 128 valence electrons. The molecule has 3 aliphatic rings. The number of rotatable bonds is 6. The zero-order chi connectivity index (χ0) is 16.5. The number of amides is 2. The second-order valence-corrected chi connectivity index (χ2v) is 6.33. The lowest BCUT2D eigenvalue weighted by Gasteiger charge is -2.15. The number of hydrogen-bond acceptors (Lipinski definition) is 5. The lowest BCUT2D eigenvalue weighted by atomic mass is 10.1. The third kappa shape index (κ3) is 3.11. The lowest BCUT2D eigenvalue weighted by molar-refractivity contribution is -0.129. The molecule has 0 bridgehead atoms. The summed E-state index contributed by atoms with van der Waals surface area (Å²) in [4.78, 5) is 25.9. The predicted molar refractivity (Wildman–Crippen MR) is 83.9 cm³/mol. The smallest absolute Gasteiger partial charge is 0.231 e. The van der Waals surface area contributed by atoms with E-state index in [1.165, 1.54) is 0 Å². The molecule has 0 unspecified atom stereocenters. The Bertz CT molecular complexity index is 658. The molecule has 7 nitrogen and oxygen atoms in total. The van der Waals surface area contributed by atoms with E-state index in [1.807, 2.05) is 4.90 Å².